The van der Waals surface area contributed by atoms with E-state index < -0.39 is 6.43 Å². The Morgan fingerprint density at radius 1 is 1.18 bits per heavy atom. The minimum Gasteiger partial charge on any atom is -0.205 e. The van der Waals surface area contributed by atoms with Crippen LogP contribution in [-0.2, 0) is 0 Å². The first-order chi connectivity index (χ1) is 5.11. The van der Waals surface area contributed by atoms with E-state index in [2.05, 4.69) is 31.9 Å². The maximum absolute atomic E-state index is 12.2. The van der Waals surface area contributed by atoms with E-state index in [4.69, 9.17) is 0 Å². The summed E-state index contributed by atoms with van der Waals surface area (Å²) in [6, 6.07) is 4.69. The van der Waals surface area contributed by atoms with Crippen molar-refractivity contribution in [3.05, 3.63) is 32.7 Å². The predicted octanol–water partition coefficient (Wildman–Crippen LogP) is 4.15. The Balaban J connectivity index is 3.13. The molecule has 0 heterocycles. The Labute approximate surface area is 79.9 Å². The number of rotatable bonds is 1. The van der Waals surface area contributed by atoms with E-state index in [0.717, 1.165) is 0 Å². The van der Waals surface area contributed by atoms with E-state index in [1.165, 1.54) is 6.07 Å². The second-order valence-corrected chi connectivity index (χ2v) is 3.74. The van der Waals surface area contributed by atoms with Crippen LogP contribution in [0, 0.1) is 0 Å². The summed E-state index contributed by atoms with van der Waals surface area (Å²) in [5.74, 6) is 0. The van der Waals surface area contributed by atoms with Crippen LogP contribution in [0.3, 0.4) is 0 Å². The van der Waals surface area contributed by atoms with Gasteiger partial charge in [0.15, 0.2) is 0 Å². The van der Waals surface area contributed by atoms with Gasteiger partial charge in [0.1, 0.15) is 0 Å². The van der Waals surface area contributed by atoms with Crippen LogP contribution in [0.15, 0.2) is 27.1 Å². The van der Waals surface area contributed by atoms with Gasteiger partial charge in [-0.15, -0.1) is 0 Å². The molecular weight excluding hydrogens is 282 g/mol. The van der Waals surface area contributed by atoms with Gasteiger partial charge < -0.3 is 0 Å². The summed E-state index contributed by atoms with van der Waals surface area (Å²) in [6.07, 6.45) is -2.43. The molecule has 0 N–H and O–H groups in total. The average molecular weight is 286 g/mol. The molecule has 0 aliphatic heterocycles. The topological polar surface area (TPSA) is 0 Å². The van der Waals surface area contributed by atoms with Crippen molar-refractivity contribution in [2.24, 2.45) is 0 Å². The summed E-state index contributed by atoms with van der Waals surface area (Å²) in [6.45, 7) is 0. The minimum absolute atomic E-state index is 0.0133. The number of hydrogen-bond acceptors (Lipinski definition) is 0. The largest absolute Gasteiger partial charge is 0.264 e. The van der Waals surface area contributed by atoms with Crippen molar-refractivity contribution in [1.82, 2.24) is 0 Å². The zero-order chi connectivity index (χ0) is 8.43. The molecule has 11 heavy (non-hydrogen) atoms. The Hall–Kier alpha value is 0.0400. The molecule has 0 radical (unpaired) electrons. The van der Waals surface area contributed by atoms with Crippen molar-refractivity contribution in [2.75, 3.05) is 0 Å². The van der Waals surface area contributed by atoms with Crippen LogP contribution in [0.5, 0.6) is 0 Å². The van der Waals surface area contributed by atoms with E-state index >= 15 is 0 Å². The molecule has 0 aliphatic rings. The third-order valence-electron chi connectivity index (χ3n) is 1.19. The Kier molecular flexibility index (Phi) is 3.01. The van der Waals surface area contributed by atoms with Gasteiger partial charge in [-0.1, -0.05) is 31.9 Å². The molecule has 0 unspecified atom stereocenters. The van der Waals surface area contributed by atoms with Crippen molar-refractivity contribution in [3.8, 4) is 0 Å². The van der Waals surface area contributed by atoms with Crippen LogP contribution < -0.4 is 0 Å². The third kappa shape index (κ3) is 2.24. The summed E-state index contributed by atoms with van der Waals surface area (Å²) >= 11 is 6.14. The van der Waals surface area contributed by atoms with Gasteiger partial charge in [-0.2, -0.15) is 0 Å². The quantitative estimate of drug-likeness (QED) is 0.727. The smallest absolute Gasteiger partial charge is 0.205 e. The highest BCUT2D eigenvalue weighted by Gasteiger charge is 2.10. The molecule has 1 rings (SSSR count). The van der Waals surface area contributed by atoms with Crippen molar-refractivity contribution < 1.29 is 8.78 Å². The number of hydrogen-bond donors (Lipinski definition) is 0. The van der Waals surface area contributed by atoms with Crippen molar-refractivity contribution in [3.63, 3.8) is 0 Å². The first-order valence-electron chi connectivity index (χ1n) is 2.84. The zero-order valence-corrected chi connectivity index (χ0v) is 8.49. The summed E-state index contributed by atoms with van der Waals surface area (Å²) in [4.78, 5) is 0. The molecule has 0 aromatic heterocycles. The van der Waals surface area contributed by atoms with Gasteiger partial charge in [0.25, 0.3) is 6.43 Å². The lowest BCUT2D eigenvalue weighted by Gasteiger charge is -2.02. The standard InChI is InChI=1S/C7H4Br2F2/c8-4-1-2-6(9)5(3-4)7(10)11/h1-3,7H. The van der Waals surface area contributed by atoms with E-state index in [1.54, 1.807) is 12.1 Å². The summed E-state index contributed by atoms with van der Waals surface area (Å²) < 4.78 is 25.4. The fraction of sp³-hybridized carbons (Fsp3) is 0.143. The number of alkyl halides is 2. The summed E-state index contributed by atoms with van der Waals surface area (Å²) in [7, 11) is 0. The molecule has 4 heteroatoms. The highest BCUT2D eigenvalue weighted by molar-refractivity contribution is 9.11. The highest BCUT2D eigenvalue weighted by atomic mass is 79.9. The van der Waals surface area contributed by atoms with Crippen molar-refractivity contribution >= 4 is 31.9 Å². The van der Waals surface area contributed by atoms with E-state index in [9.17, 15) is 8.78 Å². The van der Waals surface area contributed by atoms with Crippen molar-refractivity contribution in [1.29, 1.82) is 0 Å². The molecule has 0 nitrogen and oxygen atoms in total. The minimum atomic E-state index is -2.43. The number of benzene rings is 1. The predicted molar refractivity (Wildman–Crippen MR) is 46.8 cm³/mol. The zero-order valence-electron chi connectivity index (χ0n) is 5.32. The maximum Gasteiger partial charge on any atom is 0.264 e. The van der Waals surface area contributed by atoms with Gasteiger partial charge in [0.05, 0.1) is 0 Å². The second kappa shape index (κ2) is 3.63. The average Bonchev–Trinajstić information content (AvgIpc) is 1.94. The highest BCUT2D eigenvalue weighted by Crippen LogP contribution is 2.29. The fourth-order valence-corrected chi connectivity index (χ4v) is 1.48. The molecule has 1 aromatic carbocycles. The van der Waals surface area contributed by atoms with Gasteiger partial charge in [-0.05, 0) is 18.2 Å². The number of halogens is 4. The van der Waals surface area contributed by atoms with Crippen LogP contribution in [0.25, 0.3) is 0 Å². The van der Waals surface area contributed by atoms with E-state index in [0.29, 0.717) is 8.95 Å². The molecule has 0 bridgehead atoms. The Bertz CT molecular complexity index is 261. The van der Waals surface area contributed by atoms with E-state index in [-0.39, 0.29) is 5.56 Å². The van der Waals surface area contributed by atoms with Crippen LogP contribution in [0.4, 0.5) is 8.78 Å². The first-order valence-corrected chi connectivity index (χ1v) is 4.43. The molecule has 0 spiro atoms. The lowest BCUT2D eigenvalue weighted by molar-refractivity contribution is 0.150. The Morgan fingerprint density at radius 3 is 2.27 bits per heavy atom. The molecule has 0 atom stereocenters. The van der Waals surface area contributed by atoms with Gasteiger partial charge in [-0.3, -0.25) is 0 Å². The van der Waals surface area contributed by atoms with Crippen molar-refractivity contribution in [2.45, 2.75) is 6.43 Å². The second-order valence-electron chi connectivity index (χ2n) is 1.97. The first kappa shape index (κ1) is 9.13. The molecule has 0 amide bonds. The lowest BCUT2D eigenvalue weighted by Crippen LogP contribution is -1.85. The molecule has 0 saturated carbocycles. The molecule has 0 saturated heterocycles. The van der Waals surface area contributed by atoms with Crippen LogP contribution >= 0.6 is 31.9 Å². The molecule has 0 aliphatic carbocycles. The normalized spacial score (nSPS) is 10.6. The SMILES string of the molecule is FC(F)c1cc(Br)ccc1Br. The lowest BCUT2D eigenvalue weighted by atomic mass is 10.2. The molecule has 60 valence electrons. The summed E-state index contributed by atoms with van der Waals surface area (Å²) in [5.41, 5.74) is 0.0133. The van der Waals surface area contributed by atoms with Gasteiger partial charge in [0, 0.05) is 14.5 Å². The maximum atomic E-state index is 12.2. The summed E-state index contributed by atoms with van der Waals surface area (Å²) in [5, 5.41) is 0. The van der Waals surface area contributed by atoms with Crippen LogP contribution in [0.2, 0.25) is 0 Å². The fourth-order valence-electron chi connectivity index (χ4n) is 0.682. The Morgan fingerprint density at radius 2 is 1.82 bits per heavy atom. The molecular formula is C7H4Br2F2. The molecule has 1 aromatic rings. The monoisotopic (exact) mass is 284 g/mol. The van der Waals surface area contributed by atoms with E-state index in [1.807, 2.05) is 0 Å². The van der Waals surface area contributed by atoms with Crippen LogP contribution in [-0.4, -0.2) is 0 Å². The van der Waals surface area contributed by atoms with Gasteiger partial charge in [0.2, 0.25) is 0 Å². The molecule has 0 fully saturated rings. The van der Waals surface area contributed by atoms with Crippen LogP contribution in [0.1, 0.15) is 12.0 Å². The van der Waals surface area contributed by atoms with Gasteiger partial charge >= 0.3 is 0 Å². The third-order valence-corrected chi connectivity index (χ3v) is 2.41. The van der Waals surface area contributed by atoms with Gasteiger partial charge in [-0.25, -0.2) is 8.78 Å².